The molecule has 3 aromatic rings. The molecule has 1 atom stereocenters. The highest BCUT2D eigenvalue weighted by atomic mass is 79.9. The number of benzene rings is 2. The van der Waals surface area contributed by atoms with Crippen LogP contribution in [-0.4, -0.2) is 20.2 Å². The lowest BCUT2D eigenvalue weighted by Gasteiger charge is -2.24. The minimum absolute atomic E-state index is 0.309. The number of allylic oxidation sites excluding steroid dienone is 1. The number of aromatic nitrogens is 4. The van der Waals surface area contributed by atoms with Crippen LogP contribution in [0.15, 0.2) is 57.5 Å². The van der Waals surface area contributed by atoms with Crippen LogP contribution in [0.4, 0.5) is 10.3 Å². The van der Waals surface area contributed by atoms with Crippen molar-refractivity contribution >= 4 is 43.5 Å². The molecule has 24 heavy (non-hydrogen) atoms. The molecule has 0 unspecified atom stereocenters. The van der Waals surface area contributed by atoms with Crippen LogP contribution in [0, 0.1) is 5.82 Å². The van der Waals surface area contributed by atoms with Crippen LogP contribution >= 0.6 is 31.9 Å². The maximum Gasteiger partial charge on any atom is 0.248 e. The fourth-order valence-electron chi connectivity index (χ4n) is 2.64. The monoisotopic (exact) mass is 449 g/mol. The lowest BCUT2D eigenvalue weighted by molar-refractivity contribution is 0.539. The van der Waals surface area contributed by atoms with Crippen molar-refractivity contribution in [3.63, 3.8) is 0 Å². The number of nitrogens with zero attached hydrogens (tertiary/aromatic N) is 4. The van der Waals surface area contributed by atoms with Crippen LogP contribution in [-0.2, 0) is 0 Å². The highest BCUT2D eigenvalue weighted by Crippen LogP contribution is 2.34. The third-order valence-corrected chi connectivity index (χ3v) is 4.73. The van der Waals surface area contributed by atoms with Gasteiger partial charge in [0.2, 0.25) is 5.95 Å². The van der Waals surface area contributed by atoms with E-state index in [9.17, 15) is 4.39 Å². The summed E-state index contributed by atoms with van der Waals surface area (Å²) in [6, 6.07) is 12.2. The molecule has 0 saturated heterocycles. The van der Waals surface area contributed by atoms with Crippen LogP contribution in [0.3, 0.4) is 0 Å². The average Bonchev–Trinajstić information content (AvgIpc) is 3.05. The zero-order chi connectivity index (χ0) is 16.7. The van der Waals surface area contributed by atoms with Crippen LogP contribution in [0.25, 0.3) is 5.70 Å². The molecule has 0 saturated carbocycles. The average molecular weight is 451 g/mol. The summed E-state index contributed by atoms with van der Waals surface area (Å²) < 4.78 is 17.7. The van der Waals surface area contributed by atoms with Gasteiger partial charge in [0.1, 0.15) is 11.9 Å². The molecule has 2 aromatic carbocycles. The molecule has 0 radical (unpaired) electrons. The molecule has 0 amide bonds. The molecule has 1 aliphatic rings. The highest BCUT2D eigenvalue weighted by Gasteiger charge is 2.26. The molecular formula is C16H10Br2FN5. The smallest absolute Gasteiger partial charge is 0.248 e. The van der Waals surface area contributed by atoms with Crippen molar-refractivity contribution in [2.45, 2.75) is 6.04 Å². The summed E-state index contributed by atoms with van der Waals surface area (Å²) in [6.45, 7) is 0. The molecule has 0 spiro atoms. The van der Waals surface area contributed by atoms with Gasteiger partial charge in [0.15, 0.2) is 0 Å². The first-order valence-electron chi connectivity index (χ1n) is 7.09. The van der Waals surface area contributed by atoms with E-state index in [4.69, 9.17) is 0 Å². The number of hydrogen-bond acceptors (Lipinski definition) is 4. The Morgan fingerprint density at radius 2 is 1.92 bits per heavy atom. The summed E-state index contributed by atoms with van der Waals surface area (Å²) in [5.74, 6) is 0.160. The van der Waals surface area contributed by atoms with Gasteiger partial charge >= 0.3 is 0 Å². The van der Waals surface area contributed by atoms with Gasteiger partial charge in [-0.05, 0) is 52.4 Å². The number of rotatable bonds is 2. The Hall–Kier alpha value is -2.06. The quantitative estimate of drug-likeness (QED) is 0.628. The van der Waals surface area contributed by atoms with Gasteiger partial charge in [-0.25, -0.2) is 4.39 Å². The summed E-state index contributed by atoms with van der Waals surface area (Å²) in [7, 11) is 0. The van der Waals surface area contributed by atoms with Crippen molar-refractivity contribution in [3.05, 3.63) is 74.4 Å². The van der Waals surface area contributed by atoms with Crippen molar-refractivity contribution in [2.75, 3.05) is 5.32 Å². The van der Waals surface area contributed by atoms with Gasteiger partial charge in [-0.2, -0.15) is 4.68 Å². The third kappa shape index (κ3) is 2.76. The molecule has 120 valence electrons. The molecule has 0 fully saturated rings. The summed E-state index contributed by atoms with van der Waals surface area (Å²) >= 11 is 6.86. The van der Waals surface area contributed by atoms with Gasteiger partial charge in [-0.15, -0.1) is 0 Å². The first-order valence-corrected chi connectivity index (χ1v) is 8.68. The zero-order valence-corrected chi connectivity index (χ0v) is 15.3. The zero-order valence-electron chi connectivity index (χ0n) is 12.1. The summed E-state index contributed by atoms with van der Waals surface area (Å²) in [5.41, 5.74) is 2.27. The second kappa shape index (κ2) is 6.10. The predicted octanol–water partition coefficient (Wildman–Crippen LogP) is 4.39. The van der Waals surface area contributed by atoms with E-state index in [1.54, 1.807) is 16.8 Å². The lowest BCUT2D eigenvalue weighted by atomic mass is 10.0. The second-order valence-electron chi connectivity index (χ2n) is 5.27. The Balaban J connectivity index is 1.87. The van der Waals surface area contributed by atoms with Crippen molar-refractivity contribution in [1.82, 2.24) is 20.2 Å². The number of halogens is 3. The van der Waals surface area contributed by atoms with E-state index in [0.29, 0.717) is 11.5 Å². The maximum atomic E-state index is 14.4. The third-order valence-electron chi connectivity index (χ3n) is 3.74. The van der Waals surface area contributed by atoms with Crippen molar-refractivity contribution < 1.29 is 4.39 Å². The van der Waals surface area contributed by atoms with Crippen molar-refractivity contribution in [2.24, 2.45) is 0 Å². The molecule has 0 bridgehead atoms. The summed E-state index contributed by atoms with van der Waals surface area (Å²) in [5, 5.41) is 14.9. The standard InChI is InChI=1S/C16H10Br2FN5/c17-10-3-1-2-9(6-10)14-8-15(24-16(20-14)21-22-23-24)12-7-11(18)4-5-13(12)19/h1-8,15H,(H,20,21,23)/t15-/m0/s1. The van der Waals surface area contributed by atoms with Gasteiger partial charge in [-0.1, -0.05) is 49.1 Å². The number of tetrazole rings is 1. The van der Waals surface area contributed by atoms with Crippen molar-refractivity contribution in [3.8, 4) is 0 Å². The van der Waals surface area contributed by atoms with Crippen LogP contribution < -0.4 is 5.32 Å². The highest BCUT2D eigenvalue weighted by molar-refractivity contribution is 9.10. The van der Waals surface area contributed by atoms with Gasteiger partial charge in [0, 0.05) is 20.2 Å². The van der Waals surface area contributed by atoms with Gasteiger partial charge in [0.05, 0.1) is 0 Å². The van der Waals surface area contributed by atoms with Crippen LogP contribution in [0.1, 0.15) is 17.2 Å². The van der Waals surface area contributed by atoms with E-state index in [0.717, 1.165) is 20.2 Å². The molecule has 1 aliphatic heterocycles. The minimum Gasteiger partial charge on any atom is -0.323 e. The number of anilines is 1. The number of nitrogens with one attached hydrogen (secondary N) is 1. The normalized spacial score (nSPS) is 16.3. The van der Waals surface area contributed by atoms with Crippen molar-refractivity contribution in [1.29, 1.82) is 0 Å². The van der Waals surface area contributed by atoms with Gasteiger partial charge in [0.25, 0.3) is 0 Å². The SMILES string of the molecule is Fc1ccc(Br)cc1[C@@H]1C=C(c2cccc(Br)c2)Nc2nnnn21. The fraction of sp³-hybridized carbons (Fsp3) is 0.0625. The molecular weight excluding hydrogens is 441 g/mol. The molecule has 8 heteroatoms. The predicted molar refractivity (Wildman–Crippen MR) is 95.8 cm³/mol. The Morgan fingerprint density at radius 1 is 1.08 bits per heavy atom. The molecule has 1 aromatic heterocycles. The maximum absolute atomic E-state index is 14.4. The Morgan fingerprint density at radius 3 is 2.75 bits per heavy atom. The Kier molecular flexibility index (Phi) is 3.93. The van der Waals surface area contributed by atoms with E-state index >= 15 is 0 Å². The molecule has 5 nitrogen and oxygen atoms in total. The van der Waals surface area contributed by atoms with Gasteiger partial charge < -0.3 is 5.32 Å². The van der Waals surface area contributed by atoms with E-state index < -0.39 is 6.04 Å². The largest absolute Gasteiger partial charge is 0.323 e. The lowest BCUT2D eigenvalue weighted by Crippen LogP contribution is -2.21. The minimum atomic E-state index is -0.442. The molecule has 0 aliphatic carbocycles. The molecule has 2 heterocycles. The van der Waals surface area contributed by atoms with E-state index in [1.807, 2.05) is 30.3 Å². The van der Waals surface area contributed by atoms with Gasteiger partial charge in [-0.3, -0.25) is 0 Å². The molecule has 1 N–H and O–H groups in total. The number of hydrogen-bond donors (Lipinski definition) is 1. The van der Waals surface area contributed by atoms with E-state index in [-0.39, 0.29) is 5.82 Å². The Labute approximate surface area is 153 Å². The fourth-order valence-corrected chi connectivity index (χ4v) is 3.42. The Bertz CT molecular complexity index is 953. The first-order chi connectivity index (χ1) is 11.6. The van der Waals surface area contributed by atoms with Crippen LogP contribution in [0.2, 0.25) is 0 Å². The van der Waals surface area contributed by atoms with E-state index in [2.05, 4.69) is 52.7 Å². The first kappa shape index (κ1) is 15.5. The topological polar surface area (TPSA) is 55.6 Å². The van der Waals surface area contributed by atoms with E-state index in [1.165, 1.54) is 6.07 Å². The summed E-state index contributed by atoms with van der Waals surface area (Å²) in [6.07, 6.45) is 1.91. The molecule has 4 rings (SSSR count). The summed E-state index contributed by atoms with van der Waals surface area (Å²) in [4.78, 5) is 0. The second-order valence-corrected chi connectivity index (χ2v) is 7.10. The van der Waals surface area contributed by atoms with Crippen LogP contribution in [0.5, 0.6) is 0 Å². The number of fused-ring (bicyclic) bond motifs is 1.